The zero-order valence-corrected chi connectivity index (χ0v) is 11.7. The van der Waals surface area contributed by atoms with Crippen molar-refractivity contribution in [2.24, 2.45) is 11.8 Å². The van der Waals surface area contributed by atoms with E-state index in [4.69, 9.17) is 5.84 Å². The van der Waals surface area contributed by atoms with E-state index in [9.17, 15) is 10.1 Å². The smallest absolute Gasteiger partial charge is 0.269 e. The molecule has 106 valence electrons. The van der Waals surface area contributed by atoms with Crippen molar-refractivity contribution in [1.29, 1.82) is 0 Å². The SMILES string of the molecule is CCC(C)CN(C)Cc1cc([N+](=O)[O-])ccc1NN. The van der Waals surface area contributed by atoms with E-state index in [-0.39, 0.29) is 5.69 Å². The van der Waals surface area contributed by atoms with E-state index in [2.05, 4.69) is 24.2 Å². The van der Waals surface area contributed by atoms with Crippen molar-refractivity contribution in [2.75, 3.05) is 19.0 Å². The number of nitro benzene ring substituents is 1. The number of nitrogens with one attached hydrogen (secondary N) is 1. The zero-order valence-electron chi connectivity index (χ0n) is 11.7. The Morgan fingerprint density at radius 2 is 2.21 bits per heavy atom. The maximum absolute atomic E-state index is 10.8. The molecule has 0 saturated carbocycles. The normalized spacial score (nSPS) is 12.5. The minimum Gasteiger partial charge on any atom is -0.324 e. The maximum Gasteiger partial charge on any atom is 0.269 e. The second-order valence-corrected chi connectivity index (χ2v) is 4.95. The summed E-state index contributed by atoms with van der Waals surface area (Å²) in [6, 6.07) is 4.67. The molecular formula is C13H22N4O2. The zero-order chi connectivity index (χ0) is 14.4. The van der Waals surface area contributed by atoms with Crippen molar-refractivity contribution in [3.63, 3.8) is 0 Å². The Hall–Kier alpha value is -1.66. The molecule has 6 heteroatoms. The van der Waals surface area contributed by atoms with Gasteiger partial charge in [0.15, 0.2) is 0 Å². The topological polar surface area (TPSA) is 84.4 Å². The molecule has 0 saturated heterocycles. The molecule has 0 aliphatic heterocycles. The first-order chi connectivity index (χ1) is 8.97. The highest BCUT2D eigenvalue weighted by molar-refractivity contribution is 5.55. The van der Waals surface area contributed by atoms with Crippen LogP contribution in [0.15, 0.2) is 18.2 Å². The molecule has 3 N–H and O–H groups in total. The van der Waals surface area contributed by atoms with E-state index in [1.54, 1.807) is 12.1 Å². The molecule has 0 aliphatic carbocycles. The van der Waals surface area contributed by atoms with Gasteiger partial charge in [-0.15, -0.1) is 0 Å². The van der Waals surface area contributed by atoms with Crippen molar-refractivity contribution >= 4 is 11.4 Å². The number of nitrogen functional groups attached to an aromatic ring is 1. The van der Waals surface area contributed by atoms with Crippen molar-refractivity contribution in [1.82, 2.24) is 4.90 Å². The second-order valence-electron chi connectivity index (χ2n) is 4.95. The van der Waals surface area contributed by atoms with Crippen molar-refractivity contribution < 1.29 is 4.92 Å². The number of hydrazine groups is 1. The summed E-state index contributed by atoms with van der Waals surface area (Å²) in [6.45, 7) is 5.92. The Labute approximate surface area is 113 Å². The maximum atomic E-state index is 10.8. The van der Waals surface area contributed by atoms with Crippen LogP contribution in [0.3, 0.4) is 0 Å². The van der Waals surface area contributed by atoms with Crippen LogP contribution in [0.2, 0.25) is 0 Å². The number of rotatable bonds is 7. The number of hydrogen-bond donors (Lipinski definition) is 2. The van der Waals surface area contributed by atoms with Crippen molar-refractivity contribution in [3.8, 4) is 0 Å². The number of nitrogens with two attached hydrogens (primary N) is 1. The number of nitrogens with zero attached hydrogens (tertiary/aromatic N) is 2. The van der Waals surface area contributed by atoms with Gasteiger partial charge in [-0.3, -0.25) is 16.0 Å². The van der Waals surface area contributed by atoms with Gasteiger partial charge in [0, 0.05) is 25.2 Å². The highest BCUT2D eigenvalue weighted by Crippen LogP contribution is 2.23. The van der Waals surface area contributed by atoms with E-state index in [0.29, 0.717) is 12.5 Å². The number of non-ortho nitro benzene ring substituents is 1. The molecule has 0 spiro atoms. The summed E-state index contributed by atoms with van der Waals surface area (Å²) in [5.41, 5.74) is 4.23. The molecule has 0 aliphatic rings. The fraction of sp³-hybridized carbons (Fsp3) is 0.538. The number of hydrogen-bond acceptors (Lipinski definition) is 5. The quantitative estimate of drug-likeness (QED) is 0.449. The fourth-order valence-corrected chi connectivity index (χ4v) is 1.98. The number of benzene rings is 1. The van der Waals surface area contributed by atoms with Gasteiger partial charge in [0.25, 0.3) is 5.69 Å². The Bertz CT molecular complexity index is 437. The molecule has 1 rings (SSSR count). The molecule has 1 aromatic carbocycles. The second kappa shape index (κ2) is 7.06. The van der Waals surface area contributed by atoms with Crippen LogP contribution >= 0.6 is 0 Å². The largest absolute Gasteiger partial charge is 0.324 e. The van der Waals surface area contributed by atoms with Gasteiger partial charge >= 0.3 is 0 Å². The van der Waals surface area contributed by atoms with E-state index >= 15 is 0 Å². The molecule has 0 heterocycles. The Balaban J connectivity index is 2.85. The van der Waals surface area contributed by atoms with Crippen LogP contribution in [0.1, 0.15) is 25.8 Å². The summed E-state index contributed by atoms with van der Waals surface area (Å²) in [7, 11) is 2.01. The Kier molecular flexibility index (Phi) is 5.72. The summed E-state index contributed by atoms with van der Waals surface area (Å²) in [6.07, 6.45) is 1.11. The molecule has 19 heavy (non-hydrogen) atoms. The van der Waals surface area contributed by atoms with Gasteiger partial charge in [-0.2, -0.15) is 0 Å². The van der Waals surface area contributed by atoms with Crippen LogP contribution in [0.4, 0.5) is 11.4 Å². The lowest BCUT2D eigenvalue weighted by atomic mass is 10.1. The van der Waals surface area contributed by atoms with Gasteiger partial charge in [0.05, 0.1) is 10.6 Å². The summed E-state index contributed by atoms with van der Waals surface area (Å²) in [5.74, 6) is 6.04. The molecule has 0 radical (unpaired) electrons. The standard InChI is InChI=1S/C13H22N4O2/c1-4-10(2)8-16(3)9-11-7-12(17(18)19)5-6-13(11)15-14/h5-7,10,15H,4,8-9,14H2,1-3H3. The number of nitro groups is 1. The monoisotopic (exact) mass is 266 g/mol. The van der Waals surface area contributed by atoms with Gasteiger partial charge in [-0.05, 0) is 24.6 Å². The predicted molar refractivity (Wildman–Crippen MR) is 76.7 cm³/mol. The lowest BCUT2D eigenvalue weighted by molar-refractivity contribution is -0.384. The molecule has 0 aromatic heterocycles. The molecule has 1 atom stereocenters. The first-order valence-corrected chi connectivity index (χ1v) is 6.40. The summed E-state index contributed by atoms with van der Waals surface area (Å²) >= 11 is 0. The molecule has 0 amide bonds. The molecule has 0 fully saturated rings. The van der Waals surface area contributed by atoms with Gasteiger partial charge in [0.2, 0.25) is 0 Å². The van der Waals surface area contributed by atoms with Gasteiger partial charge in [-0.25, -0.2) is 0 Å². The lowest BCUT2D eigenvalue weighted by Crippen LogP contribution is -2.24. The Morgan fingerprint density at radius 3 is 2.74 bits per heavy atom. The third kappa shape index (κ3) is 4.50. The third-order valence-electron chi connectivity index (χ3n) is 3.22. The first-order valence-electron chi connectivity index (χ1n) is 6.40. The van der Waals surface area contributed by atoms with Crippen LogP contribution in [0.25, 0.3) is 0 Å². The summed E-state index contributed by atoms with van der Waals surface area (Å²) < 4.78 is 0. The van der Waals surface area contributed by atoms with Gasteiger partial charge in [0.1, 0.15) is 0 Å². The van der Waals surface area contributed by atoms with Crippen LogP contribution in [0.5, 0.6) is 0 Å². The fourth-order valence-electron chi connectivity index (χ4n) is 1.98. The molecular weight excluding hydrogens is 244 g/mol. The van der Waals surface area contributed by atoms with Gasteiger partial charge < -0.3 is 10.3 Å². The lowest BCUT2D eigenvalue weighted by Gasteiger charge is -2.21. The van der Waals surface area contributed by atoms with Crippen LogP contribution in [-0.2, 0) is 6.54 Å². The Morgan fingerprint density at radius 1 is 1.53 bits per heavy atom. The average molecular weight is 266 g/mol. The van der Waals surface area contributed by atoms with Crippen LogP contribution < -0.4 is 11.3 Å². The molecule has 1 aromatic rings. The number of anilines is 1. The summed E-state index contributed by atoms with van der Waals surface area (Å²) in [5, 5.41) is 10.8. The van der Waals surface area contributed by atoms with E-state index in [0.717, 1.165) is 24.2 Å². The first kappa shape index (κ1) is 15.4. The van der Waals surface area contributed by atoms with Crippen LogP contribution in [-0.4, -0.2) is 23.4 Å². The van der Waals surface area contributed by atoms with E-state index < -0.39 is 4.92 Å². The van der Waals surface area contributed by atoms with E-state index in [1.165, 1.54) is 6.07 Å². The highest BCUT2D eigenvalue weighted by atomic mass is 16.6. The molecule has 1 unspecified atom stereocenters. The third-order valence-corrected chi connectivity index (χ3v) is 3.22. The highest BCUT2D eigenvalue weighted by Gasteiger charge is 2.13. The minimum absolute atomic E-state index is 0.0888. The predicted octanol–water partition coefficient (Wildman–Crippen LogP) is 2.36. The van der Waals surface area contributed by atoms with Crippen molar-refractivity contribution in [2.45, 2.75) is 26.8 Å². The average Bonchev–Trinajstić information content (AvgIpc) is 2.38. The summed E-state index contributed by atoms with van der Waals surface area (Å²) in [4.78, 5) is 12.6. The van der Waals surface area contributed by atoms with Gasteiger partial charge in [-0.1, -0.05) is 20.3 Å². The van der Waals surface area contributed by atoms with Crippen LogP contribution in [0, 0.1) is 16.0 Å². The minimum atomic E-state index is -0.390. The van der Waals surface area contributed by atoms with E-state index in [1.807, 2.05) is 7.05 Å². The molecule has 0 bridgehead atoms. The molecule has 6 nitrogen and oxygen atoms in total. The van der Waals surface area contributed by atoms with Crippen molar-refractivity contribution in [3.05, 3.63) is 33.9 Å².